The molecule has 0 aliphatic heterocycles. The Morgan fingerprint density at radius 3 is 2.79 bits per heavy atom. The molecule has 0 atom stereocenters. The van der Waals surface area contributed by atoms with E-state index in [-0.39, 0.29) is 36.0 Å². The monoisotopic (exact) mass is 198 g/mol. The van der Waals surface area contributed by atoms with Crippen LogP contribution in [0.4, 0.5) is 0 Å². The number of carbonyl (C=O) groups is 1. The van der Waals surface area contributed by atoms with Crippen LogP contribution in [0.2, 0.25) is 0 Å². The summed E-state index contributed by atoms with van der Waals surface area (Å²) in [6.07, 6.45) is -0.172. The Bertz CT molecular complexity index is 420. The molecule has 0 saturated carbocycles. The number of aliphatic carboxylic acids is 1. The molecule has 0 spiro atoms. The van der Waals surface area contributed by atoms with Crippen molar-refractivity contribution in [3.63, 3.8) is 0 Å². The quantitative estimate of drug-likeness (QED) is 0.518. The van der Waals surface area contributed by atoms with Gasteiger partial charge in [-0.3, -0.25) is 0 Å². The SMILES string of the molecule is O=C([O-])Cc1nc2ccccc2[nH]1.[Na+]. The summed E-state index contributed by atoms with van der Waals surface area (Å²) in [6, 6.07) is 7.39. The van der Waals surface area contributed by atoms with Gasteiger partial charge in [0.15, 0.2) is 0 Å². The Morgan fingerprint density at radius 2 is 2.14 bits per heavy atom. The largest absolute Gasteiger partial charge is 1.00 e. The van der Waals surface area contributed by atoms with Gasteiger partial charge < -0.3 is 14.9 Å². The van der Waals surface area contributed by atoms with Crippen molar-refractivity contribution in [2.24, 2.45) is 0 Å². The minimum atomic E-state index is -1.13. The van der Waals surface area contributed by atoms with E-state index in [0.29, 0.717) is 5.82 Å². The number of carboxylic acid groups (broad SMARTS) is 1. The summed E-state index contributed by atoms with van der Waals surface area (Å²) in [6.45, 7) is 0. The standard InChI is InChI=1S/C9H8N2O2.Na/c12-9(13)5-8-10-6-3-1-2-4-7(6)11-8;/h1-4H,5H2,(H,10,11)(H,12,13);/q;+1/p-1. The zero-order chi connectivity index (χ0) is 9.26. The predicted octanol–water partition coefficient (Wildman–Crippen LogP) is -3.14. The molecule has 1 aromatic carbocycles. The number of carbonyl (C=O) groups excluding carboxylic acids is 1. The van der Waals surface area contributed by atoms with Gasteiger partial charge in [-0.25, -0.2) is 4.98 Å². The molecule has 4 nitrogen and oxygen atoms in total. The average molecular weight is 198 g/mol. The van der Waals surface area contributed by atoms with Gasteiger partial charge in [0.2, 0.25) is 0 Å². The second-order valence-electron chi connectivity index (χ2n) is 2.75. The van der Waals surface area contributed by atoms with E-state index >= 15 is 0 Å². The van der Waals surface area contributed by atoms with E-state index < -0.39 is 5.97 Å². The van der Waals surface area contributed by atoms with Crippen molar-refractivity contribution >= 4 is 17.0 Å². The van der Waals surface area contributed by atoms with Gasteiger partial charge in [0.1, 0.15) is 5.82 Å². The van der Waals surface area contributed by atoms with Gasteiger partial charge >= 0.3 is 29.6 Å². The van der Waals surface area contributed by atoms with Crippen LogP contribution in [-0.2, 0) is 11.2 Å². The molecular weight excluding hydrogens is 191 g/mol. The van der Waals surface area contributed by atoms with Crippen LogP contribution in [0, 0.1) is 0 Å². The van der Waals surface area contributed by atoms with Crippen molar-refractivity contribution in [1.29, 1.82) is 0 Å². The molecule has 0 aliphatic carbocycles. The van der Waals surface area contributed by atoms with Crippen molar-refractivity contribution in [2.75, 3.05) is 0 Å². The van der Waals surface area contributed by atoms with Crippen molar-refractivity contribution < 1.29 is 39.5 Å². The summed E-state index contributed by atoms with van der Waals surface area (Å²) >= 11 is 0. The predicted molar refractivity (Wildman–Crippen MR) is 44.8 cm³/mol. The first-order valence-corrected chi connectivity index (χ1v) is 3.89. The van der Waals surface area contributed by atoms with E-state index in [1.54, 1.807) is 0 Å². The normalized spacial score (nSPS) is 9.71. The van der Waals surface area contributed by atoms with Crippen LogP contribution in [0.25, 0.3) is 11.0 Å². The van der Waals surface area contributed by atoms with Gasteiger partial charge in [-0.15, -0.1) is 0 Å². The molecule has 0 bridgehead atoms. The number of hydrogen-bond donors (Lipinski definition) is 1. The van der Waals surface area contributed by atoms with E-state index in [1.165, 1.54) is 0 Å². The maximum atomic E-state index is 10.3. The van der Waals surface area contributed by atoms with Gasteiger partial charge in [-0.1, -0.05) is 12.1 Å². The Kier molecular flexibility index (Phi) is 3.69. The molecule has 0 fully saturated rings. The number of rotatable bonds is 2. The van der Waals surface area contributed by atoms with Gasteiger partial charge in [-0.05, 0) is 12.1 Å². The Labute approximate surface area is 103 Å². The van der Waals surface area contributed by atoms with Crippen LogP contribution < -0.4 is 34.7 Å². The van der Waals surface area contributed by atoms with Gasteiger partial charge in [-0.2, -0.15) is 0 Å². The van der Waals surface area contributed by atoms with Gasteiger partial charge in [0.05, 0.1) is 11.0 Å². The van der Waals surface area contributed by atoms with E-state index in [9.17, 15) is 9.90 Å². The third-order valence-electron chi connectivity index (χ3n) is 1.75. The first-order chi connectivity index (χ1) is 6.25. The molecule has 2 rings (SSSR count). The molecule has 14 heavy (non-hydrogen) atoms. The van der Waals surface area contributed by atoms with Crippen LogP contribution in [0.5, 0.6) is 0 Å². The molecule has 66 valence electrons. The summed E-state index contributed by atoms with van der Waals surface area (Å²) in [4.78, 5) is 17.2. The number of H-pyrrole nitrogens is 1. The maximum absolute atomic E-state index is 10.3. The maximum Gasteiger partial charge on any atom is 1.00 e. The number of imidazole rings is 1. The number of nitrogens with zero attached hydrogens (tertiary/aromatic N) is 1. The smallest absolute Gasteiger partial charge is 0.550 e. The van der Waals surface area contributed by atoms with E-state index in [2.05, 4.69) is 9.97 Å². The van der Waals surface area contributed by atoms with Crippen LogP contribution in [0.15, 0.2) is 24.3 Å². The second-order valence-corrected chi connectivity index (χ2v) is 2.75. The molecule has 1 N–H and O–H groups in total. The Morgan fingerprint density at radius 1 is 1.43 bits per heavy atom. The molecule has 0 saturated heterocycles. The molecule has 0 radical (unpaired) electrons. The zero-order valence-corrected chi connectivity index (χ0v) is 9.78. The number of hydrogen-bond acceptors (Lipinski definition) is 3. The third-order valence-corrected chi connectivity index (χ3v) is 1.75. The van der Waals surface area contributed by atoms with Crippen molar-refractivity contribution in [3.8, 4) is 0 Å². The number of para-hydroxylation sites is 2. The van der Waals surface area contributed by atoms with Crippen LogP contribution >= 0.6 is 0 Å². The molecule has 1 heterocycles. The molecule has 0 unspecified atom stereocenters. The second kappa shape index (κ2) is 4.59. The minimum Gasteiger partial charge on any atom is -0.550 e. The first-order valence-electron chi connectivity index (χ1n) is 3.89. The first kappa shape index (κ1) is 11.2. The number of aromatic nitrogens is 2. The van der Waals surface area contributed by atoms with Crippen LogP contribution in [-0.4, -0.2) is 15.9 Å². The number of fused-ring (bicyclic) bond motifs is 1. The number of carboxylic acids is 1. The third kappa shape index (κ3) is 2.35. The number of aromatic amines is 1. The Balaban J connectivity index is 0.000000980. The van der Waals surface area contributed by atoms with Gasteiger partial charge in [0, 0.05) is 12.4 Å². The van der Waals surface area contributed by atoms with Crippen LogP contribution in [0.3, 0.4) is 0 Å². The number of benzene rings is 1. The fourth-order valence-electron chi connectivity index (χ4n) is 1.23. The summed E-state index contributed by atoms with van der Waals surface area (Å²) in [5, 5.41) is 10.3. The topological polar surface area (TPSA) is 68.8 Å². The molecule has 1 aromatic heterocycles. The van der Waals surface area contributed by atoms with E-state index in [1.807, 2.05) is 24.3 Å². The van der Waals surface area contributed by atoms with Crippen molar-refractivity contribution in [2.45, 2.75) is 6.42 Å². The minimum absolute atomic E-state index is 0. The van der Waals surface area contributed by atoms with Gasteiger partial charge in [0.25, 0.3) is 0 Å². The fraction of sp³-hybridized carbons (Fsp3) is 0.111. The number of nitrogens with one attached hydrogen (secondary N) is 1. The molecule has 0 aliphatic rings. The molecule has 0 amide bonds. The fourth-order valence-corrected chi connectivity index (χ4v) is 1.23. The molecule has 2 aromatic rings. The van der Waals surface area contributed by atoms with Crippen molar-refractivity contribution in [1.82, 2.24) is 9.97 Å². The molecular formula is C9H7N2NaO2. The summed E-state index contributed by atoms with van der Waals surface area (Å²) in [7, 11) is 0. The zero-order valence-electron chi connectivity index (χ0n) is 7.78. The van der Waals surface area contributed by atoms with Crippen LogP contribution in [0.1, 0.15) is 5.82 Å². The molecule has 5 heteroatoms. The Hall–Kier alpha value is -0.840. The van der Waals surface area contributed by atoms with E-state index in [4.69, 9.17) is 0 Å². The van der Waals surface area contributed by atoms with E-state index in [0.717, 1.165) is 11.0 Å². The summed E-state index contributed by atoms with van der Waals surface area (Å²) in [5.74, 6) is -0.694. The van der Waals surface area contributed by atoms with Crippen molar-refractivity contribution in [3.05, 3.63) is 30.1 Å². The average Bonchev–Trinajstić information content (AvgIpc) is 2.44. The summed E-state index contributed by atoms with van der Waals surface area (Å²) in [5.41, 5.74) is 1.62. The summed E-state index contributed by atoms with van der Waals surface area (Å²) < 4.78 is 0.